The lowest BCUT2D eigenvalue weighted by Gasteiger charge is -2.32. The van der Waals surface area contributed by atoms with Crippen LogP contribution < -0.4 is 4.90 Å². The SMILES string of the molecule is CCC1CN(c2ccc(Cl)c(C(=O)O)n2)CCS1. The zero-order chi connectivity index (χ0) is 13.1. The number of nitrogens with zero attached hydrogens (tertiary/aromatic N) is 2. The van der Waals surface area contributed by atoms with Gasteiger partial charge in [0, 0.05) is 24.1 Å². The first-order valence-corrected chi connectivity index (χ1v) is 7.31. The lowest BCUT2D eigenvalue weighted by molar-refractivity contribution is 0.0691. The van der Waals surface area contributed by atoms with E-state index in [1.54, 1.807) is 12.1 Å². The molecule has 4 nitrogen and oxygen atoms in total. The molecule has 0 aliphatic carbocycles. The van der Waals surface area contributed by atoms with E-state index in [1.165, 1.54) is 0 Å². The van der Waals surface area contributed by atoms with E-state index in [4.69, 9.17) is 16.7 Å². The minimum Gasteiger partial charge on any atom is -0.476 e. The number of aromatic carboxylic acids is 1. The molecule has 1 atom stereocenters. The summed E-state index contributed by atoms with van der Waals surface area (Å²) in [7, 11) is 0. The van der Waals surface area contributed by atoms with Gasteiger partial charge in [0.15, 0.2) is 5.69 Å². The van der Waals surface area contributed by atoms with E-state index >= 15 is 0 Å². The second-order valence-electron chi connectivity index (χ2n) is 4.15. The van der Waals surface area contributed by atoms with E-state index in [1.807, 2.05) is 11.8 Å². The van der Waals surface area contributed by atoms with Gasteiger partial charge in [-0.25, -0.2) is 9.78 Å². The normalized spacial score (nSPS) is 19.9. The molecule has 0 amide bonds. The quantitative estimate of drug-likeness (QED) is 0.926. The summed E-state index contributed by atoms with van der Waals surface area (Å²) < 4.78 is 0. The summed E-state index contributed by atoms with van der Waals surface area (Å²) in [4.78, 5) is 17.3. The standard InChI is InChI=1S/C12H15ClN2O2S/c1-2-8-7-15(5-6-18-8)10-4-3-9(13)11(14-10)12(16)17/h3-4,8H,2,5-7H2,1H3,(H,16,17). The third kappa shape index (κ3) is 2.90. The van der Waals surface area contributed by atoms with Gasteiger partial charge in [-0.2, -0.15) is 11.8 Å². The Morgan fingerprint density at radius 2 is 2.44 bits per heavy atom. The number of pyridine rings is 1. The van der Waals surface area contributed by atoms with E-state index in [9.17, 15) is 4.79 Å². The fourth-order valence-corrected chi connectivity index (χ4v) is 3.30. The monoisotopic (exact) mass is 286 g/mol. The van der Waals surface area contributed by atoms with Gasteiger partial charge in [-0.3, -0.25) is 0 Å². The summed E-state index contributed by atoms with van der Waals surface area (Å²) in [5.74, 6) is 0.668. The molecule has 1 aromatic rings. The fourth-order valence-electron chi connectivity index (χ4n) is 1.93. The maximum absolute atomic E-state index is 11.0. The summed E-state index contributed by atoms with van der Waals surface area (Å²) in [6, 6.07) is 3.40. The zero-order valence-corrected chi connectivity index (χ0v) is 11.7. The molecule has 1 fully saturated rings. The van der Waals surface area contributed by atoms with Crippen molar-refractivity contribution in [2.75, 3.05) is 23.7 Å². The van der Waals surface area contributed by atoms with Gasteiger partial charge >= 0.3 is 5.97 Å². The number of hydrogen-bond acceptors (Lipinski definition) is 4. The van der Waals surface area contributed by atoms with Gasteiger partial charge in [-0.15, -0.1) is 0 Å². The Morgan fingerprint density at radius 1 is 1.67 bits per heavy atom. The number of carbonyl (C=O) groups is 1. The number of hydrogen-bond donors (Lipinski definition) is 1. The molecule has 0 spiro atoms. The largest absolute Gasteiger partial charge is 0.476 e. The molecule has 2 rings (SSSR count). The Hall–Kier alpha value is -0.940. The van der Waals surface area contributed by atoms with Crippen LogP contribution in [0.4, 0.5) is 5.82 Å². The molecule has 0 aromatic carbocycles. The molecule has 2 heterocycles. The summed E-state index contributed by atoms with van der Waals surface area (Å²) in [5.41, 5.74) is -0.0690. The predicted octanol–water partition coefficient (Wildman–Crippen LogP) is 2.77. The highest BCUT2D eigenvalue weighted by molar-refractivity contribution is 8.00. The number of anilines is 1. The first kappa shape index (κ1) is 13.5. The van der Waals surface area contributed by atoms with Crippen molar-refractivity contribution in [1.82, 2.24) is 4.98 Å². The van der Waals surface area contributed by atoms with Crippen molar-refractivity contribution in [3.8, 4) is 0 Å². The number of rotatable bonds is 3. The lowest BCUT2D eigenvalue weighted by Crippen LogP contribution is -2.38. The van der Waals surface area contributed by atoms with Crippen LogP contribution in [0.25, 0.3) is 0 Å². The second-order valence-corrected chi connectivity index (χ2v) is 5.97. The minimum absolute atomic E-state index is 0.0690. The molecule has 1 aromatic heterocycles. The molecule has 18 heavy (non-hydrogen) atoms. The number of aromatic nitrogens is 1. The van der Waals surface area contributed by atoms with Crippen LogP contribution in [0.15, 0.2) is 12.1 Å². The highest BCUT2D eigenvalue weighted by Gasteiger charge is 2.21. The smallest absolute Gasteiger partial charge is 0.356 e. The van der Waals surface area contributed by atoms with Crippen LogP contribution >= 0.6 is 23.4 Å². The minimum atomic E-state index is -1.08. The first-order valence-electron chi connectivity index (χ1n) is 5.88. The number of thioether (sulfide) groups is 1. The Labute approximate surface area is 115 Å². The molecule has 1 aliphatic heterocycles. The molecule has 1 unspecified atom stereocenters. The van der Waals surface area contributed by atoms with Crippen LogP contribution in [0.5, 0.6) is 0 Å². The average molecular weight is 287 g/mol. The summed E-state index contributed by atoms with van der Waals surface area (Å²) in [6.07, 6.45) is 1.11. The van der Waals surface area contributed by atoms with E-state index in [0.29, 0.717) is 11.1 Å². The molecule has 0 radical (unpaired) electrons. The third-order valence-electron chi connectivity index (χ3n) is 2.95. The molecular weight excluding hydrogens is 272 g/mol. The van der Waals surface area contributed by atoms with Crippen LogP contribution in [0.3, 0.4) is 0 Å². The van der Waals surface area contributed by atoms with E-state index in [0.717, 1.165) is 25.3 Å². The van der Waals surface area contributed by atoms with Crippen molar-refractivity contribution in [3.63, 3.8) is 0 Å². The zero-order valence-electron chi connectivity index (χ0n) is 10.1. The highest BCUT2D eigenvalue weighted by Crippen LogP contribution is 2.26. The van der Waals surface area contributed by atoms with Crippen molar-refractivity contribution in [2.45, 2.75) is 18.6 Å². The van der Waals surface area contributed by atoms with Crippen molar-refractivity contribution < 1.29 is 9.90 Å². The Morgan fingerprint density at radius 3 is 3.11 bits per heavy atom. The Balaban J connectivity index is 2.22. The topological polar surface area (TPSA) is 53.4 Å². The summed E-state index contributed by atoms with van der Waals surface area (Å²) in [5, 5.41) is 9.79. The van der Waals surface area contributed by atoms with Crippen molar-refractivity contribution >= 4 is 35.1 Å². The van der Waals surface area contributed by atoms with Crippen LogP contribution in [0.1, 0.15) is 23.8 Å². The number of halogens is 1. The number of carboxylic acid groups (broad SMARTS) is 1. The van der Waals surface area contributed by atoms with Gasteiger partial charge in [0.2, 0.25) is 0 Å². The third-order valence-corrected chi connectivity index (χ3v) is 4.63. The van der Waals surface area contributed by atoms with E-state index < -0.39 is 5.97 Å². The van der Waals surface area contributed by atoms with Gasteiger partial charge in [0.1, 0.15) is 5.82 Å². The molecule has 0 saturated carbocycles. The van der Waals surface area contributed by atoms with Gasteiger partial charge in [-0.05, 0) is 18.6 Å². The maximum Gasteiger partial charge on any atom is 0.356 e. The molecule has 98 valence electrons. The Bertz CT molecular complexity index is 456. The molecule has 1 N–H and O–H groups in total. The van der Waals surface area contributed by atoms with Crippen LogP contribution in [-0.2, 0) is 0 Å². The van der Waals surface area contributed by atoms with Gasteiger partial charge < -0.3 is 10.0 Å². The molecular formula is C12H15ClN2O2S. The van der Waals surface area contributed by atoms with Crippen LogP contribution in [-0.4, -0.2) is 40.2 Å². The average Bonchev–Trinajstić information content (AvgIpc) is 2.39. The van der Waals surface area contributed by atoms with E-state index in [2.05, 4.69) is 16.8 Å². The van der Waals surface area contributed by atoms with Gasteiger partial charge in [-0.1, -0.05) is 18.5 Å². The van der Waals surface area contributed by atoms with Crippen LogP contribution in [0.2, 0.25) is 5.02 Å². The van der Waals surface area contributed by atoms with Gasteiger partial charge in [0.25, 0.3) is 0 Å². The maximum atomic E-state index is 11.0. The lowest BCUT2D eigenvalue weighted by atomic mass is 10.2. The molecule has 0 bridgehead atoms. The van der Waals surface area contributed by atoms with E-state index in [-0.39, 0.29) is 10.7 Å². The molecule has 1 saturated heterocycles. The molecule has 6 heteroatoms. The second kappa shape index (κ2) is 5.80. The highest BCUT2D eigenvalue weighted by atomic mass is 35.5. The summed E-state index contributed by atoms with van der Waals surface area (Å²) in [6.45, 7) is 3.98. The van der Waals surface area contributed by atoms with Crippen molar-refractivity contribution in [1.29, 1.82) is 0 Å². The first-order chi connectivity index (χ1) is 8.61. The fraction of sp³-hybridized carbons (Fsp3) is 0.500. The summed E-state index contributed by atoms with van der Waals surface area (Å²) >= 11 is 7.78. The van der Waals surface area contributed by atoms with Crippen molar-refractivity contribution in [2.24, 2.45) is 0 Å². The molecule has 1 aliphatic rings. The van der Waals surface area contributed by atoms with Crippen molar-refractivity contribution in [3.05, 3.63) is 22.8 Å². The Kier molecular flexibility index (Phi) is 4.35. The number of carboxylic acids is 1. The predicted molar refractivity (Wildman–Crippen MR) is 75.0 cm³/mol. The van der Waals surface area contributed by atoms with Crippen LogP contribution in [0, 0.1) is 0 Å². The van der Waals surface area contributed by atoms with Gasteiger partial charge in [0.05, 0.1) is 5.02 Å².